The summed E-state index contributed by atoms with van der Waals surface area (Å²) < 4.78 is 18.4. The van der Waals surface area contributed by atoms with Gasteiger partial charge in [0.05, 0.1) is 25.6 Å². The highest BCUT2D eigenvalue weighted by Gasteiger charge is 2.26. The molecule has 1 aromatic heterocycles. The van der Waals surface area contributed by atoms with E-state index in [9.17, 15) is 4.79 Å². The first kappa shape index (κ1) is 19.0. The highest BCUT2D eigenvalue weighted by molar-refractivity contribution is 7.98. The van der Waals surface area contributed by atoms with E-state index in [0.29, 0.717) is 30.5 Å². The third-order valence-electron chi connectivity index (χ3n) is 4.30. The maximum atomic E-state index is 12.6. The summed E-state index contributed by atoms with van der Waals surface area (Å²) in [5, 5.41) is 0.683. The van der Waals surface area contributed by atoms with E-state index in [2.05, 4.69) is 4.98 Å². The summed E-state index contributed by atoms with van der Waals surface area (Å²) in [6, 6.07) is 8.02. The minimum Gasteiger partial charge on any atom is -0.458 e. The molecule has 138 valence electrons. The smallest absolute Gasteiger partial charge is 0.458 e. The van der Waals surface area contributed by atoms with E-state index in [0.717, 1.165) is 17.4 Å². The van der Waals surface area contributed by atoms with Crippen molar-refractivity contribution in [3.8, 4) is 0 Å². The van der Waals surface area contributed by atoms with Gasteiger partial charge >= 0.3 is 13.1 Å². The Morgan fingerprint density at radius 1 is 1.35 bits per heavy atom. The summed E-state index contributed by atoms with van der Waals surface area (Å²) in [5.74, 6) is -0.328. The molecule has 1 unspecified atom stereocenters. The van der Waals surface area contributed by atoms with Crippen LogP contribution in [-0.2, 0) is 20.6 Å². The fourth-order valence-corrected chi connectivity index (χ4v) is 3.23. The molecule has 1 fully saturated rings. The monoisotopic (exact) mass is 374 g/mol. The standard InChI is InChI=1S/C18H23BN2O4S/c1-4-13(2)25-18(22)16-17(26-3)20-12-21(16)11-14-5-7-15(8-6-14)19-23-9-10-24-19/h5-8,12-13H,4,9-11H2,1-3H3. The Labute approximate surface area is 158 Å². The first-order valence-electron chi connectivity index (χ1n) is 8.74. The van der Waals surface area contributed by atoms with E-state index in [1.165, 1.54) is 11.8 Å². The van der Waals surface area contributed by atoms with Gasteiger partial charge in [-0.2, -0.15) is 0 Å². The van der Waals surface area contributed by atoms with Crippen molar-refractivity contribution in [2.75, 3.05) is 19.5 Å². The van der Waals surface area contributed by atoms with Crippen molar-refractivity contribution in [3.63, 3.8) is 0 Å². The lowest BCUT2D eigenvalue weighted by Gasteiger charge is -2.13. The van der Waals surface area contributed by atoms with Crippen molar-refractivity contribution in [2.24, 2.45) is 0 Å². The number of nitrogens with zero attached hydrogens (tertiary/aromatic N) is 2. The normalized spacial score (nSPS) is 15.3. The Morgan fingerprint density at radius 2 is 2.04 bits per heavy atom. The number of esters is 1. The van der Waals surface area contributed by atoms with E-state index >= 15 is 0 Å². The lowest BCUT2D eigenvalue weighted by atomic mass is 9.79. The third-order valence-corrected chi connectivity index (χ3v) is 4.99. The van der Waals surface area contributed by atoms with Crippen LogP contribution in [0.5, 0.6) is 0 Å². The van der Waals surface area contributed by atoms with Crippen LogP contribution in [0.3, 0.4) is 0 Å². The summed E-state index contributed by atoms with van der Waals surface area (Å²) in [7, 11) is -0.276. The molecule has 0 bridgehead atoms. The second-order valence-corrected chi connectivity index (χ2v) is 6.96. The number of ether oxygens (including phenoxy) is 1. The van der Waals surface area contributed by atoms with Crippen LogP contribution >= 0.6 is 11.8 Å². The van der Waals surface area contributed by atoms with Crippen molar-refractivity contribution >= 4 is 30.3 Å². The molecule has 26 heavy (non-hydrogen) atoms. The van der Waals surface area contributed by atoms with Crippen molar-refractivity contribution in [1.82, 2.24) is 9.55 Å². The predicted octanol–water partition coefficient (Wildman–Crippen LogP) is 2.35. The molecule has 1 aliphatic heterocycles. The highest BCUT2D eigenvalue weighted by Crippen LogP contribution is 2.21. The van der Waals surface area contributed by atoms with Crippen molar-refractivity contribution in [1.29, 1.82) is 0 Å². The van der Waals surface area contributed by atoms with Gasteiger partial charge in [-0.05, 0) is 30.6 Å². The molecule has 0 aliphatic carbocycles. The summed E-state index contributed by atoms with van der Waals surface area (Å²) in [4.78, 5) is 16.9. The molecule has 0 radical (unpaired) electrons. The average Bonchev–Trinajstić information content (AvgIpc) is 3.32. The number of imidazole rings is 1. The van der Waals surface area contributed by atoms with Crippen LogP contribution in [0.2, 0.25) is 0 Å². The zero-order valence-corrected chi connectivity index (χ0v) is 16.1. The van der Waals surface area contributed by atoms with Gasteiger partial charge in [0.15, 0.2) is 5.69 Å². The number of rotatable bonds is 7. The molecule has 0 N–H and O–H groups in total. The molecule has 8 heteroatoms. The van der Waals surface area contributed by atoms with Gasteiger partial charge in [-0.3, -0.25) is 0 Å². The minimum atomic E-state index is -0.328. The van der Waals surface area contributed by atoms with Crippen LogP contribution in [0.15, 0.2) is 35.6 Å². The van der Waals surface area contributed by atoms with Gasteiger partial charge in [0.25, 0.3) is 0 Å². The number of carbonyl (C=O) groups excluding carboxylic acids is 1. The predicted molar refractivity (Wildman–Crippen MR) is 102 cm³/mol. The van der Waals surface area contributed by atoms with E-state index in [-0.39, 0.29) is 19.2 Å². The van der Waals surface area contributed by atoms with Crippen LogP contribution in [0.25, 0.3) is 0 Å². The van der Waals surface area contributed by atoms with Gasteiger partial charge in [-0.25, -0.2) is 9.78 Å². The molecule has 1 aliphatic rings. The van der Waals surface area contributed by atoms with Gasteiger partial charge in [0.1, 0.15) is 5.03 Å². The third kappa shape index (κ3) is 4.31. The number of thioether (sulfide) groups is 1. The Bertz CT molecular complexity index is 744. The van der Waals surface area contributed by atoms with E-state index in [1.807, 2.05) is 48.9 Å². The Hall–Kier alpha value is -1.77. The van der Waals surface area contributed by atoms with Crippen LogP contribution in [0, 0.1) is 0 Å². The van der Waals surface area contributed by atoms with Crippen molar-refractivity contribution in [3.05, 3.63) is 41.9 Å². The van der Waals surface area contributed by atoms with E-state index in [4.69, 9.17) is 14.0 Å². The second kappa shape index (κ2) is 8.75. The molecular formula is C18H23BN2O4S. The lowest BCUT2D eigenvalue weighted by Crippen LogP contribution is -2.31. The van der Waals surface area contributed by atoms with Gasteiger partial charge < -0.3 is 18.6 Å². The zero-order chi connectivity index (χ0) is 18.5. The van der Waals surface area contributed by atoms with Gasteiger partial charge in [-0.1, -0.05) is 31.2 Å². The zero-order valence-electron chi connectivity index (χ0n) is 15.3. The summed E-state index contributed by atoms with van der Waals surface area (Å²) >= 11 is 1.44. The highest BCUT2D eigenvalue weighted by atomic mass is 32.2. The van der Waals surface area contributed by atoms with E-state index in [1.54, 1.807) is 6.33 Å². The van der Waals surface area contributed by atoms with Crippen LogP contribution in [0.4, 0.5) is 0 Å². The number of carbonyl (C=O) groups is 1. The Kier molecular flexibility index (Phi) is 6.40. The molecule has 1 atom stereocenters. The van der Waals surface area contributed by atoms with Gasteiger partial charge in [0.2, 0.25) is 0 Å². The van der Waals surface area contributed by atoms with Gasteiger partial charge in [-0.15, -0.1) is 11.8 Å². The molecule has 0 amide bonds. The summed E-state index contributed by atoms with van der Waals surface area (Å²) in [5.41, 5.74) is 2.57. The number of aromatic nitrogens is 2. The van der Waals surface area contributed by atoms with Crippen LogP contribution < -0.4 is 5.46 Å². The fraction of sp³-hybridized carbons (Fsp3) is 0.444. The quantitative estimate of drug-likeness (QED) is 0.421. The molecule has 0 saturated carbocycles. The first-order chi connectivity index (χ1) is 12.6. The molecular weight excluding hydrogens is 351 g/mol. The second-order valence-electron chi connectivity index (χ2n) is 6.17. The maximum Gasteiger partial charge on any atom is 0.494 e. The average molecular weight is 374 g/mol. The lowest BCUT2D eigenvalue weighted by molar-refractivity contribution is 0.0317. The van der Waals surface area contributed by atoms with E-state index < -0.39 is 0 Å². The Balaban J connectivity index is 1.76. The largest absolute Gasteiger partial charge is 0.494 e. The number of benzene rings is 1. The topological polar surface area (TPSA) is 62.6 Å². The first-order valence-corrected chi connectivity index (χ1v) is 9.97. The Morgan fingerprint density at radius 3 is 2.65 bits per heavy atom. The summed E-state index contributed by atoms with van der Waals surface area (Å²) in [6.07, 6.45) is 4.26. The number of hydrogen-bond donors (Lipinski definition) is 0. The molecule has 1 saturated heterocycles. The van der Waals surface area contributed by atoms with Crippen molar-refractivity contribution in [2.45, 2.75) is 37.9 Å². The summed E-state index contributed by atoms with van der Waals surface area (Å²) in [6.45, 7) is 5.68. The molecule has 1 aromatic carbocycles. The minimum absolute atomic E-state index is 0.119. The SMILES string of the molecule is CCC(C)OC(=O)c1c(SC)ncn1Cc1ccc(B2OCCO2)cc1. The molecule has 2 heterocycles. The maximum absolute atomic E-state index is 12.6. The molecule has 2 aromatic rings. The van der Waals surface area contributed by atoms with Gasteiger partial charge in [0, 0.05) is 6.54 Å². The fourth-order valence-electron chi connectivity index (χ4n) is 2.69. The van der Waals surface area contributed by atoms with Crippen molar-refractivity contribution < 1.29 is 18.8 Å². The molecule has 0 spiro atoms. The number of hydrogen-bond acceptors (Lipinski definition) is 6. The van der Waals surface area contributed by atoms with Crippen LogP contribution in [0.1, 0.15) is 36.3 Å². The molecule has 6 nitrogen and oxygen atoms in total. The molecule has 3 rings (SSSR count). The van der Waals surface area contributed by atoms with Crippen LogP contribution in [-0.4, -0.2) is 48.2 Å².